The molecule has 0 bridgehead atoms. The maximum Gasteiger partial charge on any atom is 0.0510 e. The van der Waals surface area contributed by atoms with Gasteiger partial charge in [-0.25, -0.2) is 0 Å². The summed E-state index contributed by atoms with van der Waals surface area (Å²) in [6.07, 6.45) is 3.62. The van der Waals surface area contributed by atoms with Gasteiger partial charge in [-0.2, -0.15) is 0 Å². The molecule has 0 amide bonds. The van der Waals surface area contributed by atoms with Crippen LogP contribution in [0.4, 0.5) is 0 Å². The van der Waals surface area contributed by atoms with E-state index in [2.05, 4.69) is 30.3 Å². The second kappa shape index (κ2) is 3.86. The maximum absolute atomic E-state index is 6.47. The average molecular weight is 217 g/mol. The lowest BCUT2D eigenvalue weighted by Crippen LogP contribution is -2.41. The van der Waals surface area contributed by atoms with Crippen molar-refractivity contribution in [1.82, 2.24) is 0 Å². The lowest BCUT2D eigenvalue weighted by molar-refractivity contribution is 0.176. The van der Waals surface area contributed by atoms with Gasteiger partial charge in [0.25, 0.3) is 0 Å². The Hall–Kier alpha value is -0.860. The Kier molecular flexibility index (Phi) is 2.49. The molecule has 1 aromatic rings. The fraction of sp³-hybridized carbons (Fsp3) is 0.571. The summed E-state index contributed by atoms with van der Waals surface area (Å²) >= 11 is 0. The lowest BCUT2D eigenvalue weighted by atomic mass is 9.81. The topological polar surface area (TPSA) is 35.2 Å². The monoisotopic (exact) mass is 217 g/mol. The van der Waals surface area contributed by atoms with E-state index in [0.717, 1.165) is 19.6 Å². The van der Waals surface area contributed by atoms with E-state index < -0.39 is 0 Å². The van der Waals surface area contributed by atoms with Crippen molar-refractivity contribution >= 4 is 0 Å². The molecule has 2 heteroatoms. The molecule has 2 atom stereocenters. The third-order valence-corrected chi connectivity index (χ3v) is 4.25. The number of nitrogens with two attached hydrogens (primary N) is 1. The van der Waals surface area contributed by atoms with Crippen LogP contribution in [0.15, 0.2) is 30.3 Å². The summed E-state index contributed by atoms with van der Waals surface area (Å²) in [7, 11) is 0. The average Bonchev–Trinajstić information content (AvgIpc) is 2.97. The number of hydrogen-bond donors (Lipinski definition) is 1. The quantitative estimate of drug-likeness (QED) is 0.841. The van der Waals surface area contributed by atoms with Gasteiger partial charge in [-0.1, -0.05) is 30.3 Å². The molecule has 0 aromatic heterocycles. The van der Waals surface area contributed by atoms with Crippen molar-refractivity contribution in [3.63, 3.8) is 0 Å². The first-order chi connectivity index (χ1) is 7.83. The van der Waals surface area contributed by atoms with Gasteiger partial charge in [0.2, 0.25) is 0 Å². The Labute approximate surface area is 96.8 Å². The molecule has 2 unspecified atom stereocenters. The van der Waals surface area contributed by atoms with Crippen molar-refractivity contribution in [2.24, 2.45) is 11.7 Å². The first kappa shape index (κ1) is 10.3. The summed E-state index contributed by atoms with van der Waals surface area (Å²) in [6.45, 7) is 1.75. The van der Waals surface area contributed by atoms with Gasteiger partial charge in [-0.05, 0) is 24.8 Å². The van der Waals surface area contributed by atoms with Crippen LogP contribution in [0.1, 0.15) is 24.8 Å². The highest BCUT2D eigenvalue weighted by atomic mass is 16.5. The van der Waals surface area contributed by atoms with Crippen molar-refractivity contribution in [3.8, 4) is 0 Å². The van der Waals surface area contributed by atoms with Gasteiger partial charge >= 0.3 is 0 Å². The van der Waals surface area contributed by atoms with Gasteiger partial charge in [-0.15, -0.1) is 0 Å². The van der Waals surface area contributed by atoms with Gasteiger partial charge in [0.1, 0.15) is 0 Å². The number of benzene rings is 1. The lowest BCUT2D eigenvalue weighted by Gasteiger charge is -2.28. The van der Waals surface area contributed by atoms with Crippen LogP contribution in [-0.2, 0) is 10.2 Å². The maximum atomic E-state index is 6.47. The van der Waals surface area contributed by atoms with Crippen molar-refractivity contribution in [2.75, 3.05) is 13.2 Å². The molecule has 1 heterocycles. The molecule has 86 valence electrons. The van der Waals surface area contributed by atoms with Crippen LogP contribution in [0.25, 0.3) is 0 Å². The molecule has 2 nitrogen and oxygen atoms in total. The first-order valence-corrected chi connectivity index (χ1v) is 6.22. The molecule has 16 heavy (non-hydrogen) atoms. The minimum absolute atomic E-state index is 0.264. The Bertz CT molecular complexity index is 352. The molecule has 1 aromatic carbocycles. The summed E-state index contributed by atoms with van der Waals surface area (Å²) < 4.78 is 5.46. The molecule has 2 fully saturated rings. The molecule has 0 radical (unpaired) electrons. The van der Waals surface area contributed by atoms with E-state index in [-0.39, 0.29) is 11.5 Å². The van der Waals surface area contributed by atoms with E-state index in [1.165, 1.54) is 18.4 Å². The number of rotatable bonds is 3. The van der Waals surface area contributed by atoms with E-state index in [4.69, 9.17) is 10.5 Å². The predicted octanol–water partition coefficient (Wildman–Crippen LogP) is 2.08. The van der Waals surface area contributed by atoms with Gasteiger partial charge < -0.3 is 10.5 Å². The van der Waals surface area contributed by atoms with E-state index in [9.17, 15) is 0 Å². The van der Waals surface area contributed by atoms with Crippen LogP contribution in [0.3, 0.4) is 0 Å². The molecule has 1 aliphatic carbocycles. The van der Waals surface area contributed by atoms with Crippen LogP contribution >= 0.6 is 0 Å². The van der Waals surface area contributed by atoms with E-state index in [1.54, 1.807) is 0 Å². The zero-order chi connectivity index (χ0) is 11.0. The normalized spacial score (nSPS) is 28.9. The summed E-state index contributed by atoms with van der Waals surface area (Å²) in [5.74, 6) is 0.558. The standard InChI is InChI=1S/C14H19NO/c15-13(11-6-9-16-10-11)14(7-8-14)12-4-2-1-3-5-12/h1-5,11,13H,6-10,15H2. The SMILES string of the molecule is NC(C1CCOC1)C1(c2ccccc2)CC1. The van der Waals surface area contributed by atoms with Crippen LogP contribution < -0.4 is 5.73 Å². The highest BCUT2D eigenvalue weighted by Crippen LogP contribution is 2.52. The highest BCUT2D eigenvalue weighted by Gasteiger charge is 2.51. The van der Waals surface area contributed by atoms with Crippen molar-refractivity contribution in [1.29, 1.82) is 0 Å². The molecule has 1 aliphatic heterocycles. The first-order valence-electron chi connectivity index (χ1n) is 6.22. The molecule has 2 N–H and O–H groups in total. The van der Waals surface area contributed by atoms with Gasteiger partial charge in [0, 0.05) is 24.0 Å². The van der Waals surface area contributed by atoms with Crippen molar-refractivity contribution < 1.29 is 4.74 Å². The zero-order valence-corrected chi connectivity index (χ0v) is 9.56. The second-order valence-corrected chi connectivity index (χ2v) is 5.17. The van der Waals surface area contributed by atoms with Gasteiger partial charge in [-0.3, -0.25) is 0 Å². The van der Waals surface area contributed by atoms with Crippen molar-refractivity contribution in [3.05, 3.63) is 35.9 Å². The molecular weight excluding hydrogens is 198 g/mol. The molecule has 0 spiro atoms. The Morgan fingerprint density at radius 3 is 2.56 bits per heavy atom. The highest BCUT2D eigenvalue weighted by molar-refractivity contribution is 5.34. The molecule has 2 aliphatic rings. The Morgan fingerprint density at radius 1 is 1.25 bits per heavy atom. The summed E-state index contributed by atoms with van der Waals surface area (Å²) in [5.41, 5.74) is 8.16. The van der Waals surface area contributed by atoms with Gasteiger partial charge in [0.05, 0.1) is 6.61 Å². The van der Waals surface area contributed by atoms with Crippen LogP contribution in [0, 0.1) is 5.92 Å². The fourth-order valence-electron chi connectivity index (χ4n) is 3.01. The van der Waals surface area contributed by atoms with E-state index in [1.807, 2.05) is 0 Å². The Morgan fingerprint density at radius 2 is 2.00 bits per heavy atom. The number of hydrogen-bond acceptors (Lipinski definition) is 2. The smallest absolute Gasteiger partial charge is 0.0510 e. The summed E-state index contributed by atoms with van der Waals surface area (Å²) in [6, 6.07) is 11.0. The van der Waals surface area contributed by atoms with Crippen molar-refractivity contribution in [2.45, 2.75) is 30.7 Å². The third-order valence-electron chi connectivity index (χ3n) is 4.25. The molecule has 1 saturated heterocycles. The minimum atomic E-state index is 0.264. The fourth-order valence-corrected chi connectivity index (χ4v) is 3.01. The Balaban J connectivity index is 1.82. The largest absolute Gasteiger partial charge is 0.381 e. The molecule has 1 saturated carbocycles. The van der Waals surface area contributed by atoms with E-state index in [0.29, 0.717) is 5.92 Å². The van der Waals surface area contributed by atoms with Crippen LogP contribution in [0.5, 0.6) is 0 Å². The van der Waals surface area contributed by atoms with Crippen LogP contribution in [0.2, 0.25) is 0 Å². The van der Waals surface area contributed by atoms with Gasteiger partial charge in [0.15, 0.2) is 0 Å². The zero-order valence-electron chi connectivity index (χ0n) is 9.56. The molecular formula is C14H19NO. The van der Waals surface area contributed by atoms with E-state index >= 15 is 0 Å². The number of ether oxygens (including phenoxy) is 1. The predicted molar refractivity (Wildman–Crippen MR) is 64.3 cm³/mol. The second-order valence-electron chi connectivity index (χ2n) is 5.17. The van der Waals surface area contributed by atoms with Crippen LogP contribution in [-0.4, -0.2) is 19.3 Å². The third kappa shape index (κ3) is 1.57. The molecule has 3 rings (SSSR count). The minimum Gasteiger partial charge on any atom is -0.381 e. The summed E-state index contributed by atoms with van der Waals surface area (Å²) in [5, 5.41) is 0. The summed E-state index contributed by atoms with van der Waals surface area (Å²) in [4.78, 5) is 0.